The van der Waals surface area contributed by atoms with Gasteiger partial charge in [0, 0.05) is 31.1 Å². The van der Waals surface area contributed by atoms with Crippen molar-refractivity contribution in [1.82, 2.24) is 5.32 Å². The van der Waals surface area contributed by atoms with E-state index in [0.29, 0.717) is 19.8 Å². The summed E-state index contributed by atoms with van der Waals surface area (Å²) in [5.74, 6) is 0.318. The molecule has 0 aromatic rings. The number of hydrogen-bond acceptors (Lipinski definition) is 3. The minimum Gasteiger partial charge on any atom is -0.396 e. The van der Waals surface area contributed by atoms with Gasteiger partial charge in [0.2, 0.25) is 5.91 Å². The number of amides is 1. The topological polar surface area (TPSA) is 58.6 Å². The Bertz CT molecular complexity index is 224. The quantitative estimate of drug-likeness (QED) is 0.622. The smallest absolute Gasteiger partial charge is 0.225 e. The molecule has 0 heterocycles. The van der Waals surface area contributed by atoms with Gasteiger partial charge in [0.05, 0.1) is 6.61 Å². The zero-order chi connectivity index (χ0) is 14.0. The number of ether oxygens (including phenoxy) is 1. The molecular weight excluding hydrogens is 230 g/mol. The number of unbranched alkanes of at least 4 members (excludes halogenated alkanes) is 1. The zero-order valence-corrected chi connectivity index (χ0v) is 12.3. The maximum atomic E-state index is 11.6. The van der Waals surface area contributed by atoms with Gasteiger partial charge in [-0.25, -0.2) is 0 Å². The third kappa shape index (κ3) is 8.48. The van der Waals surface area contributed by atoms with Crippen molar-refractivity contribution in [2.24, 2.45) is 11.3 Å². The van der Waals surface area contributed by atoms with E-state index in [9.17, 15) is 4.79 Å². The first kappa shape index (κ1) is 17.4. The first-order valence-electron chi connectivity index (χ1n) is 6.88. The van der Waals surface area contributed by atoms with Crippen LogP contribution in [0, 0.1) is 11.3 Å². The van der Waals surface area contributed by atoms with Crippen molar-refractivity contribution in [1.29, 1.82) is 0 Å². The van der Waals surface area contributed by atoms with Crippen molar-refractivity contribution in [2.45, 2.75) is 47.0 Å². The minimum atomic E-state index is -0.317. The lowest BCUT2D eigenvalue weighted by Crippen LogP contribution is -2.35. The molecule has 4 nitrogen and oxygen atoms in total. The monoisotopic (exact) mass is 259 g/mol. The normalized spacial score (nSPS) is 13.4. The second-order valence-electron chi connectivity index (χ2n) is 5.71. The van der Waals surface area contributed by atoms with E-state index in [2.05, 4.69) is 5.32 Å². The van der Waals surface area contributed by atoms with Crippen LogP contribution >= 0.6 is 0 Å². The molecule has 0 spiro atoms. The molecule has 0 aliphatic rings. The summed E-state index contributed by atoms with van der Waals surface area (Å²) in [5.41, 5.74) is -0.317. The Kier molecular flexibility index (Phi) is 9.02. The highest BCUT2D eigenvalue weighted by Crippen LogP contribution is 2.13. The fourth-order valence-corrected chi connectivity index (χ4v) is 1.54. The minimum absolute atomic E-state index is 0.0931. The molecule has 4 heteroatoms. The van der Waals surface area contributed by atoms with Gasteiger partial charge in [-0.1, -0.05) is 27.2 Å². The lowest BCUT2D eigenvalue weighted by atomic mass is 9.95. The molecule has 18 heavy (non-hydrogen) atoms. The van der Waals surface area contributed by atoms with Gasteiger partial charge in [0.25, 0.3) is 0 Å². The standard InChI is InChI=1S/C14H29NO3/c1-5-18-11-12(10-16)8-6-7-9-15-13(17)14(2,3)4/h12,16H,5-11H2,1-4H3,(H,15,17). The molecule has 0 saturated heterocycles. The van der Waals surface area contributed by atoms with Gasteiger partial charge in [-0.15, -0.1) is 0 Å². The van der Waals surface area contributed by atoms with Crippen LogP contribution < -0.4 is 5.32 Å². The number of carbonyl (C=O) groups is 1. The summed E-state index contributed by atoms with van der Waals surface area (Å²) in [4.78, 5) is 11.6. The third-order valence-corrected chi connectivity index (χ3v) is 2.82. The summed E-state index contributed by atoms with van der Waals surface area (Å²) >= 11 is 0. The fourth-order valence-electron chi connectivity index (χ4n) is 1.54. The number of carbonyl (C=O) groups excluding carboxylic acids is 1. The first-order chi connectivity index (χ1) is 8.41. The average Bonchev–Trinajstić information content (AvgIpc) is 2.31. The maximum Gasteiger partial charge on any atom is 0.225 e. The highest BCUT2D eigenvalue weighted by Gasteiger charge is 2.20. The van der Waals surface area contributed by atoms with Crippen molar-refractivity contribution in [3.63, 3.8) is 0 Å². The fraction of sp³-hybridized carbons (Fsp3) is 0.929. The van der Waals surface area contributed by atoms with E-state index in [4.69, 9.17) is 9.84 Å². The zero-order valence-electron chi connectivity index (χ0n) is 12.3. The molecule has 2 N–H and O–H groups in total. The van der Waals surface area contributed by atoms with Crippen molar-refractivity contribution < 1.29 is 14.6 Å². The predicted octanol–water partition coefficient (Wildman–Crippen LogP) is 1.96. The van der Waals surface area contributed by atoms with Crippen LogP contribution in [-0.4, -0.2) is 37.4 Å². The van der Waals surface area contributed by atoms with Crippen molar-refractivity contribution >= 4 is 5.91 Å². The number of nitrogens with one attached hydrogen (secondary N) is 1. The molecule has 0 saturated carbocycles. The third-order valence-electron chi connectivity index (χ3n) is 2.82. The van der Waals surface area contributed by atoms with Gasteiger partial charge in [-0.05, 0) is 19.8 Å². The van der Waals surface area contributed by atoms with Crippen LogP contribution in [0.4, 0.5) is 0 Å². The highest BCUT2D eigenvalue weighted by atomic mass is 16.5. The van der Waals surface area contributed by atoms with Crippen LogP contribution in [0.25, 0.3) is 0 Å². The van der Waals surface area contributed by atoms with Gasteiger partial charge in [-0.2, -0.15) is 0 Å². The van der Waals surface area contributed by atoms with Crippen LogP contribution in [0.1, 0.15) is 47.0 Å². The molecule has 108 valence electrons. The molecule has 0 aromatic carbocycles. The van der Waals surface area contributed by atoms with Crippen LogP contribution in [0.15, 0.2) is 0 Å². The van der Waals surface area contributed by atoms with Gasteiger partial charge in [0.1, 0.15) is 0 Å². The van der Waals surface area contributed by atoms with Crippen LogP contribution in [0.5, 0.6) is 0 Å². The van der Waals surface area contributed by atoms with Gasteiger partial charge >= 0.3 is 0 Å². The van der Waals surface area contributed by atoms with E-state index in [1.807, 2.05) is 27.7 Å². The van der Waals surface area contributed by atoms with Crippen molar-refractivity contribution in [3.8, 4) is 0 Å². The molecule has 0 rings (SSSR count). The summed E-state index contributed by atoms with van der Waals surface area (Å²) in [6, 6.07) is 0. The summed E-state index contributed by atoms with van der Waals surface area (Å²) in [6.07, 6.45) is 2.90. The van der Waals surface area contributed by atoms with E-state index in [0.717, 1.165) is 19.3 Å². The molecule has 0 bridgehead atoms. The average molecular weight is 259 g/mol. The molecule has 1 amide bonds. The summed E-state index contributed by atoms with van der Waals surface area (Å²) < 4.78 is 5.30. The molecule has 0 fully saturated rings. The van der Waals surface area contributed by atoms with E-state index in [1.54, 1.807) is 0 Å². The Hall–Kier alpha value is -0.610. The SMILES string of the molecule is CCOCC(CO)CCCCNC(=O)C(C)(C)C. The molecule has 1 unspecified atom stereocenters. The predicted molar refractivity (Wildman–Crippen MR) is 73.4 cm³/mol. The van der Waals surface area contributed by atoms with E-state index in [1.165, 1.54) is 0 Å². The molecule has 0 aliphatic heterocycles. The molecule has 1 atom stereocenters. The Morgan fingerprint density at radius 3 is 2.50 bits per heavy atom. The summed E-state index contributed by atoms with van der Waals surface area (Å²) in [6.45, 7) is 9.89. The number of hydrogen-bond donors (Lipinski definition) is 2. The van der Waals surface area contributed by atoms with Gasteiger partial charge in [-0.3, -0.25) is 4.79 Å². The molecule has 0 radical (unpaired) electrons. The first-order valence-corrected chi connectivity index (χ1v) is 6.88. The maximum absolute atomic E-state index is 11.6. The summed E-state index contributed by atoms with van der Waals surface area (Å²) in [5, 5.41) is 12.1. The van der Waals surface area contributed by atoms with Crippen LogP contribution in [0.2, 0.25) is 0 Å². The van der Waals surface area contributed by atoms with Crippen molar-refractivity contribution in [2.75, 3.05) is 26.4 Å². The lowest BCUT2D eigenvalue weighted by Gasteiger charge is -2.18. The molecular formula is C14H29NO3. The Labute approximate surface area is 111 Å². The Morgan fingerprint density at radius 1 is 1.33 bits per heavy atom. The number of rotatable bonds is 9. The molecule has 0 aromatic heterocycles. The number of aliphatic hydroxyl groups is 1. The van der Waals surface area contributed by atoms with E-state index >= 15 is 0 Å². The van der Waals surface area contributed by atoms with E-state index in [-0.39, 0.29) is 23.8 Å². The van der Waals surface area contributed by atoms with Crippen LogP contribution in [0.3, 0.4) is 0 Å². The largest absolute Gasteiger partial charge is 0.396 e. The number of aliphatic hydroxyl groups excluding tert-OH is 1. The highest BCUT2D eigenvalue weighted by molar-refractivity contribution is 5.81. The van der Waals surface area contributed by atoms with Gasteiger partial charge in [0.15, 0.2) is 0 Å². The Balaban J connectivity index is 3.57. The van der Waals surface area contributed by atoms with Crippen LogP contribution in [-0.2, 0) is 9.53 Å². The lowest BCUT2D eigenvalue weighted by molar-refractivity contribution is -0.128. The second kappa shape index (κ2) is 9.34. The molecule has 0 aliphatic carbocycles. The van der Waals surface area contributed by atoms with E-state index < -0.39 is 0 Å². The van der Waals surface area contributed by atoms with Crippen molar-refractivity contribution in [3.05, 3.63) is 0 Å². The van der Waals surface area contributed by atoms with Gasteiger partial charge < -0.3 is 15.2 Å². The second-order valence-corrected chi connectivity index (χ2v) is 5.71. The Morgan fingerprint density at radius 2 is 2.00 bits per heavy atom. The summed E-state index contributed by atoms with van der Waals surface area (Å²) in [7, 11) is 0.